The van der Waals surface area contributed by atoms with Gasteiger partial charge in [0.2, 0.25) is 11.9 Å². The maximum absolute atomic E-state index is 11.6. The van der Waals surface area contributed by atoms with E-state index >= 15 is 0 Å². The number of likely N-dealkylation sites (N-methyl/N-ethyl adjacent to an activating group) is 1. The zero-order chi connectivity index (χ0) is 20.1. The molecule has 150 valence electrons. The standard InChI is InChI=1S/C19H27N7O2/c1-26(10-2-3-16(20)27)14-8-6-13(7-9-14)24-19-22-11-15(17(21)28)18(25-19)23-12-4-5-12/h6,8-9,11-13H,2-5,7,10H2,1H3,(H2,20,27)(H2,21,28)(H2,22,23,24,25). The Labute approximate surface area is 164 Å². The minimum Gasteiger partial charge on any atom is -0.375 e. The van der Waals surface area contributed by atoms with E-state index in [1.807, 2.05) is 13.1 Å². The third kappa shape index (κ3) is 5.45. The van der Waals surface area contributed by atoms with Gasteiger partial charge in [0, 0.05) is 37.9 Å². The number of nitrogens with zero attached hydrogens (tertiary/aromatic N) is 3. The van der Waals surface area contributed by atoms with Crippen LogP contribution in [0.3, 0.4) is 0 Å². The molecule has 2 amide bonds. The second-order valence-electron chi connectivity index (χ2n) is 7.20. The van der Waals surface area contributed by atoms with Crippen molar-refractivity contribution in [3.05, 3.63) is 35.7 Å². The Bertz CT molecular complexity index is 801. The molecule has 0 bridgehead atoms. The second kappa shape index (κ2) is 8.73. The summed E-state index contributed by atoms with van der Waals surface area (Å²) in [6, 6.07) is 0.405. The van der Waals surface area contributed by atoms with E-state index in [0.29, 0.717) is 29.8 Å². The number of hydrogen-bond acceptors (Lipinski definition) is 7. The van der Waals surface area contributed by atoms with Gasteiger partial charge in [0.25, 0.3) is 5.91 Å². The van der Waals surface area contributed by atoms with E-state index in [1.54, 1.807) is 0 Å². The molecule has 9 heteroatoms. The van der Waals surface area contributed by atoms with E-state index in [2.05, 4.69) is 37.7 Å². The van der Waals surface area contributed by atoms with Crippen LogP contribution in [0.1, 0.15) is 42.5 Å². The molecule has 6 N–H and O–H groups in total. The maximum atomic E-state index is 11.6. The molecule has 1 unspecified atom stereocenters. The van der Waals surface area contributed by atoms with Gasteiger partial charge in [0.1, 0.15) is 5.82 Å². The Morgan fingerprint density at radius 2 is 2.07 bits per heavy atom. The number of hydrogen-bond donors (Lipinski definition) is 4. The van der Waals surface area contributed by atoms with Crippen LogP contribution < -0.4 is 22.1 Å². The van der Waals surface area contributed by atoms with E-state index in [9.17, 15) is 9.59 Å². The van der Waals surface area contributed by atoms with Gasteiger partial charge in [-0.25, -0.2) is 4.98 Å². The second-order valence-corrected chi connectivity index (χ2v) is 7.20. The van der Waals surface area contributed by atoms with Gasteiger partial charge >= 0.3 is 0 Å². The molecule has 1 fully saturated rings. The van der Waals surface area contributed by atoms with E-state index in [-0.39, 0.29) is 11.9 Å². The summed E-state index contributed by atoms with van der Waals surface area (Å²) in [4.78, 5) is 33.2. The molecule has 0 aliphatic heterocycles. The summed E-state index contributed by atoms with van der Waals surface area (Å²) in [5, 5.41) is 6.50. The molecule has 1 saturated carbocycles. The van der Waals surface area contributed by atoms with Gasteiger partial charge in [-0.15, -0.1) is 0 Å². The average Bonchev–Trinajstić information content (AvgIpc) is 3.46. The molecule has 3 rings (SSSR count). The van der Waals surface area contributed by atoms with Crippen LogP contribution >= 0.6 is 0 Å². The predicted molar refractivity (Wildman–Crippen MR) is 108 cm³/mol. The highest BCUT2D eigenvalue weighted by Gasteiger charge is 2.24. The van der Waals surface area contributed by atoms with Crippen LogP contribution in [0.15, 0.2) is 30.1 Å². The molecule has 0 saturated heterocycles. The van der Waals surface area contributed by atoms with Gasteiger partial charge in [-0.1, -0.05) is 12.2 Å². The summed E-state index contributed by atoms with van der Waals surface area (Å²) >= 11 is 0. The minimum atomic E-state index is -0.542. The summed E-state index contributed by atoms with van der Waals surface area (Å²) < 4.78 is 0. The highest BCUT2D eigenvalue weighted by molar-refractivity contribution is 5.97. The Kier molecular flexibility index (Phi) is 6.13. The topological polar surface area (TPSA) is 139 Å². The summed E-state index contributed by atoms with van der Waals surface area (Å²) in [6.45, 7) is 0.769. The number of primary amides is 2. The van der Waals surface area contributed by atoms with Gasteiger partial charge in [0.05, 0.1) is 11.6 Å². The molecule has 2 aliphatic rings. The molecule has 0 radical (unpaired) electrons. The monoisotopic (exact) mass is 385 g/mol. The summed E-state index contributed by atoms with van der Waals surface area (Å²) in [5.41, 5.74) is 12.0. The van der Waals surface area contributed by atoms with Gasteiger partial charge < -0.3 is 27.0 Å². The Morgan fingerprint density at radius 3 is 2.68 bits per heavy atom. The first-order chi connectivity index (χ1) is 13.4. The van der Waals surface area contributed by atoms with E-state index in [4.69, 9.17) is 11.5 Å². The highest BCUT2D eigenvalue weighted by Crippen LogP contribution is 2.26. The fraction of sp³-hybridized carbons (Fsp3) is 0.474. The fourth-order valence-corrected chi connectivity index (χ4v) is 2.95. The van der Waals surface area contributed by atoms with Crippen molar-refractivity contribution in [3.8, 4) is 0 Å². The number of nitrogens with two attached hydrogens (primary N) is 2. The molecule has 0 spiro atoms. The molecule has 1 heterocycles. The number of anilines is 2. The van der Waals surface area contributed by atoms with Crippen molar-refractivity contribution in [2.75, 3.05) is 24.2 Å². The molecular formula is C19H27N7O2. The quantitative estimate of drug-likeness (QED) is 0.470. The number of aromatic nitrogens is 2. The van der Waals surface area contributed by atoms with Gasteiger partial charge in [0.15, 0.2) is 0 Å². The zero-order valence-corrected chi connectivity index (χ0v) is 16.0. The SMILES string of the molecule is CN(CCCC(N)=O)C1=CCC(Nc2ncc(C(N)=O)c(NC3CC3)n2)C=C1. The molecule has 2 aliphatic carbocycles. The van der Waals surface area contributed by atoms with Crippen molar-refractivity contribution in [1.29, 1.82) is 0 Å². The normalized spacial score (nSPS) is 18.3. The zero-order valence-electron chi connectivity index (χ0n) is 16.0. The average molecular weight is 385 g/mol. The van der Waals surface area contributed by atoms with Gasteiger partial charge in [-0.3, -0.25) is 9.59 Å². The first-order valence-electron chi connectivity index (χ1n) is 9.50. The van der Waals surface area contributed by atoms with Crippen molar-refractivity contribution in [3.63, 3.8) is 0 Å². The highest BCUT2D eigenvalue weighted by atomic mass is 16.1. The third-order valence-corrected chi connectivity index (χ3v) is 4.72. The Hall–Kier alpha value is -3.10. The number of nitrogens with one attached hydrogen (secondary N) is 2. The van der Waals surface area contributed by atoms with Crippen molar-refractivity contribution >= 4 is 23.6 Å². The summed E-state index contributed by atoms with van der Waals surface area (Å²) in [7, 11) is 1.99. The van der Waals surface area contributed by atoms with Crippen LogP contribution in [0, 0.1) is 0 Å². The number of carbonyl (C=O) groups is 2. The minimum absolute atomic E-state index is 0.0518. The lowest BCUT2D eigenvalue weighted by atomic mass is 10.1. The first kappa shape index (κ1) is 19.7. The van der Waals surface area contributed by atoms with Crippen LogP contribution in [0.4, 0.5) is 11.8 Å². The van der Waals surface area contributed by atoms with Crippen LogP contribution in [0.25, 0.3) is 0 Å². The first-order valence-corrected chi connectivity index (χ1v) is 9.50. The molecule has 28 heavy (non-hydrogen) atoms. The summed E-state index contributed by atoms with van der Waals surface area (Å²) in [6.07, 6.45) is 11.7. The van der Waals surface area contributed by atoms with Gasteiger partial charge in [-0.2, -0.15) is 4.98 Å². The molecular weight excluding hydrogens is 358 g/mol. The number of amides is 2. The van der Waals surface area contributed by atoms with E-state index in [1.165, 1.54) is 6.20 Å². The fourth-order valence-electron chi connectivity index (χ4n) is 2.95. The predicted octanol–water partition coefficient (Wildman–Crippen LogP) is 0.971. The van der Waals surface area contributed by atoms with E-state index < -0.39 is 5.91 Å². The third-order valence-electron chi connectivity index (χ3n) is 4.72. The van der Waals surface area contributed by atoms with Crippen molar-refractivity contribution < 1.29 is 9.59 Å². The van der Waals surface area contributed by atoms with Crippen molar-refractivity contribution in [2.45, 2.75) is 44.2 Å². The lowest BCUT2D eigenvalue weighted by molar-refractivity contribution is -0.118. The van der Waals surface area contributed by atoms with Crippen LogP contribution in [-0.4, -0.2) is 52.4 Å². The number of allylic oxidation sites excluding steroid dienone is 1. The number of rotatable bonds is 10. The molecule has 0 aromatic carbocycles. The molecule has 1 aromatic heterocycles. The Morgan fingerprint density at radius 1 is 1.29 bits per heavy atom. The van der Waals surface area contributed by atoms with E-state index in [0.717, 1.165) is 37.9 Å². The lowest BCUT2D eigenvalue weighted by Crippen LogP contribution is -2.25. The molecule has 1 atom stereocenters. The smallest absolute Gasteiger partial charge is 0.254 e. The van der Waals surface area contributed by atoms with Crippen molar-refractivity contribution in [2.24, 2.45) is 11.5 Å². The number of carbonyl (C=O) groups excluding carboxylic acids is 2. The molecule has 1 aromatic rings. The van der Waals surface area contributed by atoms with Crippen molar-refractivity contribution in [1.82, 2.24) is 14.9 Å². The molecule has 9 nitrogen and oxygen atoms in total. The van der Waals surface area contributed by atoms with Crippen LogP contribution in [0.2, 0.25) is 0 Å². The Balaban J connectivity index is 1.56. The van der Waals surface area contributed by atoms with Gasteiger partial charge in [-0.05, 0) is 31.8 Å². The largest absolute Gasteiger partial charge is 0.375 e. The van der Waals surface area contributed by atoms with Crippen LogP contribution in [-0.2, 0) is 4.79 Å². The summed E-state index contributed by atoms with van der Waals surface area (Å²) in [5.74, 6) is 0.120. The lowest BCUT2D eigenvalue weighted by Gasteiger charge is -2.25. The van der Waals surface area contributed by atoms with Crippen LogP contribution in [0.5, 0.6) is 0 Å². The maximum Gasteiger partial charge on any atom is 0.254 e.